The Hall–Kier alpha value is 0.840. The maximum Gasteiger partial charge on any atom is 0.255 e. The zero-order valence-electron chi connectivity index (χ0n) is 11.0. The van der Waals surface area contributed by atoms with Gasteiger partial charge >= 0.3 is 0 Å². The minimum atomic E-state index is -0.883. The van der Waals surface area contributed by atoms with Crippen molar-refractivity contribution in [1.82, 2.24) is 4.90 Å². The van der Waals surface area contributed by atoms with E-state index in [1.165, 1.54) is 0 Å². The molecule has 0 aliphatic rings. The normalized spacial score (nSPS) is 11.5. The monoisotopic (exact) mass is 599 g/mol. The number of carbonyl (C=O) groups is 1. The van der Waals surface area contributed by atoms with E-state index in [0.717, 1.165) is 10.7 Å². The van der Waals surface area contributed by atoms with Gasteiger partial charge in [0.25, 0.3) is 5.91 Å². The molecule has 6 heteroatoms. The van der Waals surface area contributed by atoms with E-state index in [4.69, 9.17) is 0 Å². The van der Waals surface area contributed by atoms with Crippen LogP contribution >= 0.6 is 67.8 Å². The molecule has 106 valence electrons. The Balaban J connectivity index is 3.11. The highest BCUT2D eigenvalue weighted by Gasteiger charge is 2.24. The van der Waals surface area contributed by atoms with E-state index >= 15 is 0 Å². The highest BCUT2D eigenvalue weighted by atomic mass is 127. The Bertz CT molecular complexity index is 484. The molecular weight excluding hydrogens is 583 g/mol. The van der Waals surface area contributed by atoms with E-state index in [2.05, 4.69) is 67.8 Å². The van der Waals surface area contributed by atoms with Crippen LogP contribution < -0.4 is 0 Å². The maximum atomic E-state index is 12.6. The first kappa shape index (κ1) is 17.9. The summed E-state index contributed by atoms with van der Waals surface area (Å²) in [5, 5.41) is 9.89. The molecule has 3 nitrogen and oxygen atoms in total. The molecule has 0 spiro atoms. The average Bonchev–Trinajstić information content (AvgIpc) is 2.28. The van der Waals surface area contributed by atoms with Gasteiger partial charge in [-0.25, -0.2) is 0 Å². The first-order valence-corrected chi connectivity index (χ1v) is 9.05. The van der Waals surface area contributed by atoms with Gasteiger partial charge in [-0.2, -0.15) is 0 Å². The lowest BCUT2D eigenvalue weighted by Gasteiger charge is -2.28. The van der Waals surface area contributed by atoms with Gasteiger partial charge in [0.1, 0.15) is 0 Å². The van der Waals surface area contributed by atoms with E-state index in [-0.39, 0.29) is 5.91 Å². The molecule has 0 aromatic heterocycles. The fraction of sp³-hybridized carbons (Fsp3) is 0.462. The van der Waals surface area contributed by atoms with E-state index in [1.54, 1.807) is 18.7 Å². The van der Waals surface area contributed by atoms with Crippen molar-refractivity contribution in [2.75, 3.05) is 13.1 Å². The number of aliphatic hydroxyl groups is 1. The summed E-state index contributed by atoms with van der Waals surface area (Å²) in [6.07, 6.45) is 0. The highest BCUT2D eigenvalue weighted by molar-refractivity contribution is 14.1. The topological polar surface area (TPSA) is 40.5 Å². The standard InChI is InChI=1S/C13H16I3NO2/c1-4-17(7-13(2,3)19)12(18)9-5-8(14)6-10(15)11(9)16/h5-6,19H,4,7H2,1-3H3. The van der Waals surface area contributed by atoms with Gasteiger partial charge in [-0.3, -0.25) is 4.79 Å². The molecule has 0 aliphatic heterocycles. The number of rotatable bonds is 4. The fourth-order valence-electron chi connectivity index (χ4n) is 1.68. The van der Waals surface area contributed by atoms with E-state index in [1.807, 2.05) is 19.1 Å². The van der Waals surface area contributed by atoms with Crippen LogP contribution in [-0.4, -0.2) is 34.6 Å². The minimum Gasteiger partial charge on any atom is -0.389 e. The predicted molar refractivity (Wildman–Crippen MR) is 102 cm³/mol. The van der Waals surface area contributed by atoms with Gasteiger partial charge in [0.05, 0.1) is 11.2 Å². The largest absolute Gasteiger partial charge is 0.389 e. The smallest absolute Gasteiger partial charge is 0.255 e. The number of amides is 1. The SMILES string of the molecule is CCN(CC(C)(C)O)C(=O)c1cc(I)cc(I)c1I. The summed E-state index contributed by atoms with van der Waals surface area (Å²) in [7, 11) is 0. The van der Waals surface area contributed by atoms with Crippen LogP contribution in [0.2, 0.25) is 0 Å². The van der Waals surface area contributed by atoms with Gasteiger partial charge in [-0.05, 0) is 101 Å². The second-order valence-corrected chi connectivity index (χ2v) is 8.37. The molecule has 1 N–H and O–H groups in total. The predicted octanol–water partition coefficient (Wildman–Crippen LogP) is 3.73. The van der Waals surface area contributed by atoms with Gasteiger partial charge in [0.15, 0.2) is 0 Å². The van der Waals surface area contributed by atoms with Crippen LogP contribution in [0.3, 0.4) is 0 Å². The third kappa shape index (κ3) is 5.27. The number of halogens is 3. The summed E-state index contributed by atoms with van der Waals surface area (Å²) >= 11 is 6.66. The molecule has 0 aliphatic carbocycles. The van der Waals surface area contributed by atoms with Gasteiger partial charge in [0.2, 0.25) is 0 Å². The van der Waals surface area contributed by atoms with E-state index in [9.17, 15) is 9.90 Å². The number of benzene rings is 1. The Morgan fingerprint density at radius 1 is 1.32 bits per heavy atom. The fourth-order valence-corrected chi connectivity index (χ4v) is 4.06. The van der Waals surface area contributed by atoms with Crippen molar-refractivity contribution in [3.05, 3.63) is 28.4 Å². The molecule has 1 rings (SSSR count). The first-order valence-electron chi connectivity index (χ1n) is 5.82. The van der Waals surface area contributed by atoms with Gasteiger partial charge in [-0.15, -0.1) is 0 Å². The van der Waals surface area contributed by atoms with Crippen LogP contribution in [0.25, 0.3) is 0 Å². The third-order valence-corrected chi connectivity index (χ3v) is 6.14. The van der Waals surface area contributed by atoms with Crippen LogP contribution in [0.1, 0.15) is 31.1 Å². The minimum absolute atomic E-state index is 0.0227. The number of hydrogen-bond donors (Lipinski definition) is 1. The number of carbonyl (C=O) groups excluding carboxylic acids is 1. The number of likely N-dealkylation sites (N-methyl/N-ethyl adjacent to an activating group) is 1. The molecule has 0 unspecified atom stereocenters. The summed E-state index contributed by atoms with van der Waals surface area (Å²) in [4.78, 5) is 14.3. The van der Waals surface area contributed by atoms with Crippen LogP contribution in [0.4, 0.5) is 0 Å². The molecule has 19 heavy (non-hydrogen) atoms. The lowest BCUT2D eigenvalue weighted by atomic mass is 10.1. The zero-order chi connectivity index (χ0) is 14.8. The maximum absolute atomic E-state index is 12.6. The summed E-state index contributed by atoms with van der Waals surface area (Å²) in [5.41, 5.74) is -0.172. The lowest BCUT2D eigenvalue weighted by molar-refractivity contribution is 0.0314. The van der Waals surface area contributed by atoms with Crippen molar-refractivity contribution in [2.24, 2.45) is 0 Å². The van der Waals surface area contributed by atoms with Crippen molar-refractivity contribution >= 4 is 73.7 Å². The Morgan fingerprint density at radius 3 is 2.37 bits per heavy atom. The molecule has 0 atom stereocenters. The number of hydrogen-bond acceptors (Lipinski definition) is 2. The quantitative estimate of drug-likeness (QED) is 0.424. The van der Waals surface area contributed by atoms with Crippen molar-refractivity contribution in [3.63, 3.8) is 0 Å². The summed E-state index contributed by atoms with van der Waals surface area (Å²) in [5.74, 6) is -0.0227. The van der Waals surface area contributed by atoms with Gasteiger partial charge < -0.3 is 10.0 Å². The van der Waals surface area contributed by atoms with E-state index < -0.39 is 5.60 Å². The summed E-state index contributed by atoms with van der Waals surface area (Å²) < 4.78 is 3.09. The van der Waals surface area contributed by atoms with Crippen molar-refractivity contribution < 1.29 is 9.90 Å². The molecular formula is C13H16I3NO2. The summed E-state index contributed by atoms with van der Waals surface area (Å²) in [6.45, 7) is 6.27. The molecule has 0 saturated heterocycles. The lowest BCUT2D eigenvalue weighted by Crippen LogP contribution is -2.42. The number of nitrogens with zero attached hydrogens (tertiary/aromatic N) is 1. The molecule has 1 aromatic carbocycles. The zero-order valence-corrected chi connectivity index (χ0v) is 17.5. The molecule has 0 bridgehead atoms. The first-order chi connectivity index (χ1) is 8.65. The average molecular weight is 599 g/mol. The van der Waals surface area contributed by atoms with Crippen LogP contribution in [0, 0.1) is 10.7 Å². The molecule has 1 aromatic rings. The Morgan fingerprint density at radius 2 is 1.89 bits per heavy atom. The van der Waals surface area contributed by atoms with E-state index in [0.29, 0.717) is 18.7 Å². The van der Waals surface area contributed by atoms with Crippen molar-refractivity contribution in [3.8, 4) is 0 Å². The van der Waals surface area contributed by atoms with Crippen molar-refractivity contribution in [1.29, 1.82) is 0 Å². The second kappa shape index (κ2) is 7.21. The molecule has 0 fully saturated rings. The molecule has 0 saturated carbocycles. The molecule has 0 radical (unpaired) electrons. The Labute approximate surface area is 154 Å². The van der Waals surface area contributed by atoms with Gasteiger partial charge in [-0.1, -0.05) is 0 Å². The van der Waals surface area contributed by atoms with Crippen molar-refractivity contribution in [2.45, 2.75) is 26.4 Å². The molecule has 0 heterocycles. The molecule has 1 amide bonds. The second-order valence-electron chi connectivity index (χ2n) is 4.88. The van der Waals surface area contributed by atoms with Crippen LogP contribution in [0.15, 0.2) is 12.1 Å². The highest BCUT2D eigenvalue weighted by Crippen LogP contribution is 2.24. The van der Waals surface area contributed by atoms with Crippen LogP contribution in [-0.2, 0) is 0 Å². The third-order valence-electron chi connectivity index (χ3n) is 2.47. The summed E-state index contributed by atoms with van der Waals surface area (Å²) in [6, 6.07) is 3.95. The van der Waals surface area contributed by atoms with Crippen LogP contribution in [0.5, 0.6) is 0 Å². The Kier molecular flexibility index (Phi) is 6.79. The van der Waals surface area contributed by atoms with Gasteiger partial charge in [0, 0.05) is 23.8 Å².